The summed E-state index contributed by atoms with van der Waals surface area (Å²) in [6.07, 6.45) is 6.18. The van der Waals surface area contributed by atoms with Crippen LogP contribution in [0, 0.1) is 11.8 Å². The first kappa shape index (κ1) is 12.2. The quantitative estimate of drug-likeness (QED) is 0.845. The summed E-state index contributed by atoms with van der Waals surface area (Å²) in [5, 5.41) is 3.42. The summed E-state index contributed by atoms with van der Waals surface area (Å²) in [5.74, 6) is 2.22. The highest BCUT2D eigenvalue weighted by atomic mass is 35.5. The molecular weight excluding hydrogens is 210 g/mol. The molecule has 1 aromatic rings. The molecule has 1 N–H and O–H groups in total. The van der Waals surface area contributed by atoms with Crippen LogP contribution in [-0.4, -0.2) is 16.0 Å². The Labute approximate surface area is 97.1 Å². The monoisotopic (exact) mass is 227 g/mol. The van der Waals surface area contributed by atoms with Gasteiger partial charge in [-0.3, -0.25) is 0 Å². The largest absolute Gasteiger partial charge is 0.351 e. The Morgan fingerprint density at radius 1 is 1.13 bits per heavy atom. The van der Waals surface area contributed by atoms with Crippen molar-refractivity contribution in [2.45, 2.75) is 32.7 Å². The molecule has 0 saturated heterocycles. The average Bonchev–Trinajstić information content (AvgIpc) is 2.51. The van der Waals surface area contributed by atoms with Crippen molar-refractivity contribution in [3.05, 3.63) is 18.5 Å². The van der Waals surface area contributed by atoms with Gasteiger partial charge >= 0.3 is 0 Å². The Morgan fingerprint density at radius 2 is 1.67 bits per heavy atom. The molecule has 0 aliphatic heterocycles. The van der Waals surface area contributed by atoms with Crippen LogP contribution in [0.2, 0.25) is 0 Å². The van der Waals surface area contributed by atoms with Crippen molar-refractivity contribution in [3.8, 4) is 0 Å². The molecule has 0 spiro atoms. The Kier molecular flexibility index (Phi) is 4.33. The second-order valence-electron chi connectivity index (χ2n) is 4.27. The van der Waals surface area contributed by atoms with Gasteiger partial charge in [-0.05, 0) is 30.7 Å². The van der Waals surface area contributed by atoms with Crippen LogP contribution in [-0.2, 0) is 0 Å². The number of hydrogen-bond acceptors (Lipinski definition) is 3. The third-order valence-electron chi connectivity index (χ3n) is 3.16. The van der Waals surface area contributed by atoms with Crippen LogP contribution in [0.4, 0.5) is 5.95 Å². The van der Waals surface area contributed by atoms with E-state index in [1.54, 1.807) is 12.4 Å². The lowest BCUT2D eigenvalue weighted by molar-refractivity contribution is 0.484. The summed E-state index contributed by atoms with van der Waals surface area (Å²) in [7, 11) is 0. The molecule has 1 aliphatic carbocycles. The van der Waals surface area contributed by atoms with E-state index in [4.69, 9.17) is 0 Å². The van der Waals surface area contributed by atoms with E-state index in [1.807, 2.05) is 6.07 Å². The van der Waals surface area contributed by atoms with Gasteiger partial charge in [-0.25, -0.2) is 9.97 Å². The number of nitrogens with zero attached hydrogens (tertiary/aromatic N) is 2. The van der Waals surface area contributed by atoms with Gasteiger partial charge in [-0.15, -0.1) is 12.4 Å². The van der Waals surface area contributed by atoms with Crippen LogP contribution in [0.5, 0.6) is 0 Å². The molecule has 2 unspecified atom stereocenters. The fourth-order valence-electron chi connectivity index (χ4n) is 2.25. The zero-order valence-electron chi connectivity index (χ0n) is 9.18. The molecule has 84 valence electrons. The molecule has 1 fully saturated rings. The number of hydrogen-bond donors (Lipinski definition) is 1. The van der Waals surface area contributed by atoms with Crippen LogP contribution in [0.15, 0.2) is 18.5 Å². The third-order valence-corrected chi connectivity index (χ3v) is 3.16. The predicted octanol–water partition coefficient (Wildman–Crippen LogP) is 2.74. The molecule has 15 heavy (non-hydrogen) atoms. The molecular formula is C11H18ClN3. The van der Waals surface area contributed by atoms with Gasteiger partial charge in [0.2, 0.25) is 5.95 Å². The fraction of sp³-hybridized carbons (Fsp3) is 0.636. The summed E-state index contributed by atoms with van der Waals surface area (Å²) in [6.45, 7) is 4.59. The molecule has 1 saturated carbocycles. The van der Waals surface area contributed by atoms with Crippen molar-refractivity contribution in [2.24, 2.45) is 11.8 Å². The first-order valence-electron chi connectivity index (χ1n) is 5.31. The normalized spacial score (nSPS) is 29.6. The highest BCUT2D eigenvalue weighted by Gasteiger charge is 2.30. The minimum absolute atomic E-state index is 0. The highest BCUT2D eigenvalue weighted by Crippen LogP contribution is 2.32. The minimum Gasteiger partial charge on any atom is -0.351 e. The minimum atomic E-state index is 0. The van der Waals surface area contributed by atoms with Gasteiger partial charge in [0.05, 0.1) is 0 Å². The molecule has 1 heterocycles. The van der Waals surface area contributed by atoms with Gasteiger partial charge in [0, 0.05) is 18.4 Å². The van der Waals surface area contributed by atoms with Gasteiger partial charge in [0.1, 0.15) is 0 Å². The maximum absolute atomic E-state index is 4.19. The van der Waals surface area contributed by atoms with E-state index in [9.17, 15) is 0 Å². The second kappa shape index (κ2) is 5.31. The second-order valence-corrected chi connectivity index (χ2v) is 4.27. The predicted molar refractivity (Wildman–Crippen MR) is 64.3 cm³/mol. The third kappa shape index (κ3) is 2.81. The van der Waals surface area contributed by atoms with Gasteiger partial charge in [0.25, 0.3) is 0 Å². The van der Waals surface area contributed by atoms with Gasteiger partial charge in [0.15, 0.2) is 0 Å². The van der Waals surface area contributed by atoms with Crippen LogP contribution in [0.25, 0.3) is 0 Å². The first-order valence-corrected chi connectivity index (χ1v) is 5.31. The number of rotatable bonds is 2. The topological polar surface area (TPSA) is 37.8 Å². The molecule has 0 aromatic carbocycles. The van der Waals surface area contributed by atoms with E-state index < -0.39 is 0 Å². The maximum Gasteiger partial charge on any atom is 0.222 e. The molecule has 1 aliphatic rings. The lowest BCUT2D eigenvalue weighted by atomic mass is 10.0. The van der Waals surface area contributed by atoms with Gasteiger partial charge < -0.3 is 5.32 Å². The number of nitrogens with one attached hydrogen (secondary N) is 1. The van der Waals surface area contributed by atoms with Crippen LogP contribution >= 0.6 is 12.4 Å². The summed E-state index contributed by atoms with van der Waals surface area (Å²) in [5.41, 5.74) is 0. The van der Waals surface area contributed by atoms with Crippen LogP contribution < -0.4 is 5.32 Å². The molecule has 2 atom stereocenters. The Balaban J connectivity index is 0.00000112. The van der Waals surface area contributed by atoms with Crippen LogP contribution in [0.1, 0.15) is 26.7 Å². The van der Waals surface area contributed by atoms with E-state index in [2.05, 4.69) is 29.1 Å². The maximum atomic E-state index is 4.19. The molecule has 0 amide bonds. The van der Waals surface area contributed by atoms with E-state index in [1.165, 1.54) is 12.8 Å². The SMILES string of the molecule is CC1CCC(C)C1Nc1ncccn1.Cl. The van der Waals surface area contributed by atoms with Crippen molar-refractivity contribution in [3.63, 3.8) is 0 Å². The zero-order valence-corrected chi connectivity index (χ0v) is 10.00. The number of aromatic nitrogens is 2. The Hall–Kier alpha value is -0.830. The lowest BCUT2D eigenvalue weighted by Gasteiger charge is -2.21. The number of anilines is 1. The molecule has 3 nitrogen and oxygen atoms in total. The lowest BCUT2D eigenvalue weighted by Crippen LogP contribution is -2.28. The Morgan fingerprint density at radius 3 is 2.20 bits per heavy atom. The smallest absolute Gasteiger partial charge is 0.222 e. The molecule has 1 aromatic heterocycles. The van der Waals surface area contributed by atoms with Gasteiger partial charge in [-0.2, -0.15) is 0 Å². The molecule has 0 bridgehead atoms. The number of halogens is 1. The summed E-state index contributed by atoms with van der Waals surface area (Å²) in [6, 6.07) is 2.38. The van der Waals surface area contributed by atoms with E-state index in [0.29, 0.717) is 6.04 Å². The molecule has 0 radical (unpaired) electrons. The standard InChI is InChI=1S/C11H17N3.ClH/c1-8-4-5-9(2)10(8)14-11-12-6-3-7-13-11;/h3,6-10H,4-5H2,1-2H3,(H,12,13,14);1H. The summed E-state index contributed by atoms with van der Waals surface area (Å²) < 4.78 is 0. The van der Waals surface area contributed by atoms with Crippen LogP contribution in [0.3, 0.4) is 0 Å². The van der Waals surface area contributed by atoms with Crippen molar-refractivity contribution < 1.29 is 0 Å². The molecule has 2 rings (SSSR count). The Bertz CT molecular complexity index is 281. The average molecular weight is 228 g/mol. The van der Waals surface area contributed by atoms with Crippen molar-refractivity contribution >= 4 is 18.4 Å². The van der Waals surface area contributed by atoms with E-state index in [-0.39, 0.29) is 12.4 Å². The highest BCUT2D eigenvalue weighted by molar-refractivity contribution is 5.85. The van der Waals surface area contributed by atoms with Crippen molar-refractivity contribution in [2.75, 3.05) is 5.32 Å². The summed E-state index contributed by atoms with van der Waals surface area (Å²) in [4.78, 5) is 8.38. The first-order chi connectivity index (χ1) is 6.77. The fourth-order valence-corrected chi connectivity index (χ4v) is 2.25. The van der Waals surface area contributed by atoms with Crippen molar-refractivity contribution in [1.29, 1.82) is 0 Å². The van der Waals surface area contributed by atoms with Gasteiger partial charge in [-0.1, -0.05) is 13.8 Å². The van der Waals surface area contributed by atoms with E-state index >= 15 is 0 Å². The zero-order chi connectivity index (χ0) is 9.97. The summed E-state index contributed by atoms with van der Waals surface area (Å²) >= 11 is 0. The molecule has 4 heteroatoms. The van der Waals surface area contributed by atoms with E-state index in [0.717, 1.165) is 17.8 Å². The van der Waals surface area contributed by atoms with Crippen molar-refractivity contribution in [1.82, 2.24) is 9.97 Å².